The third kappa shape index (κ3) is 4.27. The summed E-state index contributed by atoms with van der Waals surface area (Å²) in [5.41, 5.74) is 2.17. The Morgan fingerprint density at radius 3 is 2.71 bits per heavy atom. The second-order valence-electron chi connectivity index (χ2n) is 5.01. The van der Waals surface area contributed by atoms with E-state index in [0.29, 0.717) is 6.61 Å². The molecule has 1 atom stereocenters. The molecule has 0 spiro atoms. The van der Waals surface area contributed by atoms with Gasteiger partial charge in [0, 0.05) is 0 Å². The van der Waals surface area contributed by atoms with Gasteiger partial charge in [0.2, 0.25) is 5.91 Å². The number of hydrogen-bond acceptors (Lipinski definition) is 5. The fourth-order valence-electron chi connectivity index (χ4n) is 2.00. The van der Waals surface area contributed by atoms with Gasteiger partial charge in [0.1, 0.15) is 25.2 Å². The highest BCUT2D eigenvalue weighted by Gasteiger charge is 2.11. The molecule has 2 rings (SSSR count). The molecule has 1 unspecified atom stereocenters. The number of carbonyl (C=O) groups is 1. The second-order valence-corrected chi connectivity index (χ2v) is 5.01. The molecule has 0 aliphatic rings. The number of ether oxygens (including phenoxy) is 1. The van der Waals surface area contributed by atoms with E-state index in [4.69, 9.17) is 4.74 Å². The Morgan fingerprint density at radius 2 is 2.10 bits per heavy atom. The molecule has 0 aliphatic carbocycles. The lowest BCUT2D eigenvalue weighted by molar-refractivity contribution is -0.122. The number of hydrogen-bond donors (Lipinski definition) is 1. The van der Waals surface area contributed by atoms with Crippen molar-refractivity contribution in [3.05, 3.63) is 35.7 Å². The number of amides is 1. The van der Waals surface area contributed by atoms with Crippen LogP contribution in [0.1, 0.15) is 18.1 Å². The van der Waals surface area contributed by atoms with Crippen molar-refractivity contribution in [2.75, 3.05) is 6.61 Å². The molecule has 0 saturated carbocycles. The zero-order valence-electron chi connectivity index (χ0n) is 12.4. The second kappa shape index (κ2) is 6.83. The molecule has 0 aliphatic heterocycles. The first-order valence-corrected chi connectivity index (χ1v) is 6.75. The average molecular weight is 289 g/mol. The van der Waals surface area contributed by atoms with E-state index < -0.39 is 0 Å². The maximum Gasteiger partial charge on any atom is 0.242 e. The molecular formula is C14H19N5O2. The van der Waals surface area contributed by atoms with Crippen LogP contribution in [0.3, 0.4) is 0 Å². The summed E-state index contributed by atoms with van der Waals surface area (Å²) in [5, 5.41) is 13.4. The van der Waals surface area contributed by atoms with Crippen LogP contribution in [0, 0.1) is 13.8 Å². The predicted octanol–water partition coefficient (Wildman–Crippen LogP) is 0.874. The maximum atomic E-state index is 11.8. The molecule has 1 heterocycles. The van der Waals surface area contributed by atoms with Crippen molar-refractivity contribution in [1.82, 2.24) is 25.5 Å². The minimum absolute atomic E-state index is 0.0979. The van der Waals surface area contributed by atoms with Crippen molar-refractivity contribution in [2.24, 2.45) is 0 Å². The Labute approximate surface area is 123 Å². The van der Waals surface area contributed by atoms with Gasteiger partial charge in [-0.1, -0.05) is 18.2 Å². The third-order valence-corrected chi connectivity index (χ3v) is 2.99. The molecule has 7 nitrogen and oxygen atoms in total. The van der Waals surface area contributed by atoms with Gasteiger partial charge in [-0.2, -0.15) is 0 Å². The van der Waals surface area contributed by atoms with Gasteiger partial charge in [-0.25, -0.2) is 4.68 Å². The number of rotatable bonds is 6. The summed E-state index contributed by atoms with van der Waals surface area (Å²) in [7, 11) is 0. The Kier molecular flexibility index (Phi) is 4.86. The van der Waals surface area contributed by atoms with Gasteiger partial charge in [-0.15, -0.1) is 5.10 Å². The van der Waals surface area contributed by atoms with Crippen molar-refractivity contribution in [2.45, 2.75) is 33.4 Å². The number of nitrogens with one attached hydrogen (secondary N) is 1. The topological polar surface area (TPSA) is 81.9 Å². The van der Waals surface area contributed by atoms with E-state index in [1.165, 1.54) is 11.0 Å². The van der Waals surface area contributed by atoms with E-state index in [2.05, 4.69) is 20.8 Å². The number of carbonyl (C=O) groups excluding carboxylic acids is 1. The molecule has 7 heteroatoms. The van der Waals surface area contributed by atoms with E-state index in [0.717, 1.165) is 16.9 Å². The summed E-state index contributed by atoms with van der Waals surface area (Å²) in [6, 6.07) is 5.90. The largest absolute Gasteiger partial charge is 0.491 e. The first-order valence-electron chi connectivity index (χ1n) is 6.75. The molecule has 112 valence electrons. The van der Waals surface area contributed by atoms with Crippen LogP contribution in [0.4, 0.5) is 0 Å². The number of aryl methyl sites for hydroxylation is 2. The SMILES string of the molecule is Cc1cccc(C)c1OCC(C)NC(=O)Cn1cnnn1. The Balaban J connectivity index is 1.82. The van der Waals surface area contributed by atoms with E-state index in [-0.39, 0.29) is 18.5 Å². The van der Waals surface area contributed by atoms with Crippen LogP contribution < -0.4 is 10.1 Å². The first kappa shape index (κ1) is 15.0. The highest BCUT2D eigenvalue weighted by molar-refractivity contribution is 5.75. The summed E-state index contributed by atoms with van der Waals surface area (Å²) in [6.45, 7) is 6.41. The van der Waals surface area contributed by atoms with Crippen LogP contribution in [0.25, 0.3) is 0 Å². The van der Waals surface area contributed by atoms with Gasteiger partial charge < -0.3 is 10.1 Å². The van der Waals surface area contributed by atoms with Crippen LogP contribution in [-0.2, 0) is 11.3 Å². The lowest BCUT2D eigenvalue weighted by atomic mass is 10.1. The quantitative estimate of drug-likeness (QED) is 0.853. The summed E-state index contributed by atoms with van der Waals surface area (Å²) < 4.78 is 7.17. The monoisotopic (exact) mass is 289 g/mol. The smallest absolute Gasteiger partial charge is 0.242 e. The average Bonchev–Trinajstić information content (AvgIpc) is 2.90. The van der Waals surface area contributed by atoms with Gasteiger partial charge in [0.25, 0.3) is 0 Å². The molecule has 1 aromatic heterocycles. The van der Waals surface area contributed by atoms with Crippen LogP contribution in [0.5, 0.6) is 5.75 Å². The van der Waals surface area contributed by atoms with Gasteiger partial charge in [0.05, 0.1) is 6.04 Å². The number of benzene rings is 1. The highest BCUT2D eigenvalue weighted by atomic mass is 16.5. The molecule has 1 amide bonds. The van der Waals surface area contributed by atoms with Crippen LogP contribution in [-0.4, -0.2) is 38.8 Å². The van der Waals surface area contributed by atoms with Gasteiger partial charge >= 0.3 is 0 Å². The summed E-state index contributed by atoms with van der Waals surface area (Å²) in [6.07, 6.45) is 1.40. The van der Waals surface area contributed by atoms with Crippen LogP contribution in [0.2, 0.25) is 0 Å². The van der Waals surface area contributed by atoms with Crippen LogP contribution >= 0.6 is 0 Å². The van der Waals surface area contributed by atoms with E-state index >= 15 is 0 Å². The summed E-state index contributed by atoms with van der Waals surface area (Å²) >= 11 is 0. The molecule has 1 aromatic carbocycles. The number of aromatic nitrogens is 4. The molecule has 0 bridgehead atoms. The number of para-hydroxylation sites is 1. The Morgan fingerprint density at radius 1 is 1.38 bits per heavy atom. The normalized spacial score (nSPS) is 12.0. The number of tetrazole rings is 1. The standard InChI is InChI=1S/C14H19N5O2/c1-10-5-4-6-11(2)14(10)21-8-12(3)16-13(20)7-19-9-15-17-18-19/h4-6,9,12H,7-8H2,1-3H3,(H,16,20). The van der Waals surface area contributed by atoms with Crippen molar-refractivity contribution in [1.29, 1.82) is 0 Å². The molecule has 21 heavy (non-hydrogen) atoms. The van der Waals surface area contributed by atoms with E-state index in [9.17, 15) is 4.79 Å². The zero-order valence-corrected chi connectivity index (χ0v) is 12.4. The minimum Gasteiger partial charge on any atom is -0.491 e. The molecular weight excluding hydrogens is 270 g/mol. The Hall–Kier alpha value is -2.44. The highest BCUT2D eigenvalue weighted by Crippen LogP contribution is 2.22. The van der Waals surface area contributed by atoms with Gasteiger partial charge in [0.15, 0.2) is 0 Å². The summed E-state index contributed by atoms with van der Waals surface area (Å²) in [5.74, 6) is 0.721. The predicted molar refractivity (Wildman–Crippen MR) is 76.8 cm³/mol. The van der Waals surface area contributed by atoms with Crippen LogP contribution in [0.15, 0.2) is 24.5 Å². The van der Waals surface area contributed by atoms with E-state index in [1.54, 1.807) is 0 Å². The van der Waals surface area contributed by atoms with Crippen molar-refractivity contribution < 1.29 is 9.53 Å². The van der Waals surface area contributed by atoms with Crippen molar-refractivity contribution in [3.63, 3.8) is 0 Å². The first-order chi connectivity index (χ1) is 10.1. The zero-order chi connectivity index (χ0) is 15.2. The minimum atomic E-state index is -0.153. The molecule has 0 saturated heterocycles. The molecule has 0 fully saturated rings. The molecule has 2 aromatic rings. The summed E-state index contributed by atoms with van der Waals surface area (Å²) in [4.78, 5) is 11.8. The Bertz CT molecular complexity index is 577. The maximum absolute atomic E-state index is 11.8. The van der Waals surface area contributed by atoms with Gasteiger partial charge in [-0.05, 0) is 42.3 Å². The molecule has 0 radical (unpaired) electrons. The van der Waals surface area contributed by atoms with Crippen molar-refractivity contribution >= 4 is 5.91 Å². The van der Waals surface area contributed by atoms with Crippen molar-refractivity contribution in [3.8, 4) is 5.75 Å². The third-order valence-electron chi connectivity index (χ3n) is 2.99. The lowest BCUT2D eigenvalue weighted by Crippen LogP contribution is -2.38. The number of nitrogens with zero attached hydrogens (tertiary/aromatic N) is 4. The fourth-order valence-corrected chi connectivity index (χ4v) is 2.00. The fraction of sp³-hybridized carbons (Fsp3) is 0.429. The molecule has 1 N–H and O–H groups in total. The lowest BCUT2D eigenvalue weighted by Gasteiger charge is -2.17. The van der Waals surface area contributed by atoms with Gasteiger partial charge in [-0.3, -0.25) is 4.79 Å². The van der Waals surface area contributed by atoms with E-state index in [1.807, 2.05) is 39.0 Å².